The number of amides is 1. The summed E-state index contributed by atoms with van der Waals surface area (Å²) in [5, 5.41) is 0. The Morgan fingerprint density at radius 1 is 1.38 bits per heavy atom. The second-order valence-corrected chi connectivity index (χ2v) is 6.63. The maximum Gasteiger partial charge on any atom is 0.237 e. The molecule has 1 aromatic carbocycles. The molecule has 0 bridgehead atoms. The molecule has 0 N–H and O–H groups in total. The van der Waals surface area contributed by atoms with E-state index >= 15 is 0 Å². The molecule has 128 valence electrons. The minimum atomic E-state index is -0.337. The number of aryl methyl sites for hydroxylation is 2. The van der Waals surface area contributed by atoms with Crippen LogP contribution < -0.4 is 0 Å². The molecule has 3 rings (SSSR count). The van der Waals surface area contributed by atoms with E-state index in [1.54, 1.807) is 22.9 Å². The highest BCUT2D eigenvalue weighted by atomic mass is 16.5. The van der Waals surface area contributed by atoms with Gasteiger partial charge in [-0.3, -0.25) is 14.2 Å². The topological polar surface area (TPSA) is 64.4 Å². The Hall–Kier alpha value is -2.21. The van der Waals surface area contributed by atoms with Gasteiger partial charge in [-0.25, -0.2) is 4.98 Å². The van der Waals surface area contributed by atoms with Crippen molar-refractivity contribution in [3.05, 3.63) is 29.6 Å². The van der Waals surface area contributed by atoms with Gasteiger partial charge in [0.1, 0.15) is 6.33 Å². The first-order chi connectivity index (χ1) is 11.4. The highest BCUT2D eigenvalue weighted by Crippen LogP contribution is 2.25. The van der Waals surface area contributed by atoms with Crippen LogP contribution in [0.5, 0.6) is 0 Å². The minimum Gasteiger partial charge on any atom is -0.383 e. The summed E-state index contributed by atoms with van der Waals surface area (Å²) in [5.41, 5.74) is 3.88. The van der Waals surface area contributed by atoms with Crippen LogP contribution in [0.2, 0.25) is 0 Å². The number of aromatic nitrogens is 2. The van der Waals surface area contributed by atoms with Gasteiger partial charge in [0.25, 0.3) is 0 Å². The molecule has 0 radical (unpaired) electrons. The number of imidazole rings is 1. The van der Waals surface area contributed by atoms with E-state index in [0.29, 0.717) is 13.2 Å². The average molecular weight is 329 g/mol. The fourth-order valence-electron chi connectivity index (χ4n) is 3.29. The largest absolute Gasteiger partial charge is 0.383 e. The van der Waals surface area contributed by atoms with E-state index in [4.69, 9.17) is 4.74 Å². The number of carbonyl (C=O) groups is 2. The van der Waals surface area contributed by atoms with Gasteiger partial charge in [-0.1, -0.05) is 0 Å². The SMILES string of the molecule is COC[C@H](C)N1C[C@H](C(=O)n2cnc3cc(C)c(C)cc32)CC1=O. The highest BCUT2D eigenvalue weighted by molar-refractivity contribution is 5.95. The van der Waals surface area contributed by atoms with Crippen LogP contribution >= 0.6 is 0 Å². The molecule has 1 aliphatic rings. The zero-order chi connectivity index (χ0) is 17.4. The summed E-state index contributed by atoms with van der Waals surface area (Å²) < 4.78 is 6.71. The van der Waals surface area contributed by atoms with Gasteiger partial charge >= 0.3 is 0 Å². The number of rotatable bonds is 4. The molecule has 1 aromatic heterocycles. The van der Waals surface area contributed by atoms with E-state index in [9.17, 15) is 9.59 Å². The van der Waals surface area contributed by atoms with Crippen LogP contribution in [0.25, 0.3) is 11.0 Å². The Morgan fingerprint density at radius 3 is 2.79 bits per heavy atom. The van der Waals surface area contributed by atoms with Crippen LogP contribution in [0.15, 0.2) is 18.5 Å². The smallest absolute Gasteiger partial charge is 0.237 e. The Kier molecular flexibility index (Phi) is 4.41. The van der Waals surface area contributed by atoms with E-state index < -0.39 is 0 Å². The van der Waals surface area contributed by atoms with Crippen LogP contribution in [0.3, 0.4) is 0 Å². The second kappa shape index (κ2) is 6.36. The van der Waals surface area contributed by atoms with Crippen molar-refractivity contribution in [2.45, 2.75) is 33.2 Å². The molecule has 0 spiro atoms. The number of carbonyl (C=O) groups excluding carboxylic acids is 2. The van der Waals surface area contributed by atoms with Gasteiger partial charge in [0.15, 0.2) is 0 Å². The van der Waals surface area contributed by atoms with Gasteiger partial charge in [0, 0.05) is 20.1 Å². The first-order valence-electron chi connectivity index (χ1n) is 8.19. The van der Waals surface area contributed by atoms with Crippen molar-refractivity contribution in [2.24, 2.45) is 5.92 Å². The Bertz CT molecular complexity index is 796. The number of likely N-dealkylation sites (tertiary alicyclic amines) is 1. The summed E-state index contributed by atoms with van der Waals surface area (Å²) in [7, 11) is 1.61. The number of nitrogens with zero attached hydrogens (tertiary/aromatic N) is 3. The first-order valence-corrected chi connectivity index (χ1v) is 8.19. The van der Waals surface area contributed by atoms with Crippen molar-refractivity contribution in [3.8, 4) is 0 Å². The summed E-state index contributed by atoms with van der Waals surface area (Å²) in [6.45, 7) is 6.89. The lowest BCUT2D eigenvalue weighted by molar-refractivity contribution is -0.130. The van der Waals surface area contributed by atoms with Crippen molar-refractivity contribution >= 4 is 22.8 Å². The molecule has 6 heteroatoms. The van der Waals surface area contributed by atoms with Crippen LogP contribution in [-0.4, -0.2) is 52.6 Å². The summed E-state index contributed by atoms with van der Waals surface area (Å²) in [5.74, 6) is -0.397. The summed E-state index contributed by atoms with van der Waals surface area (Å²) >= 11 is 0. The molecule has 2 aromatic rings. The molecule has 1 aliphatic heterocycles. The minimum absolute atomic E-state index is 0.00865. The third-order valence-electron chi connectivity index (χ3n) is 4.85. The molecule has 1 fully saturated rings. The van der Waals surface area contributed by atoms with Gasteiger partial charge in [0.05, 0.1) is 29.6 Å². The van der Waals surface area contributed by atoms with Crippen molar-refractivity contribution in [1.29, 1.82) is 0 Å². The lowest BCUT2D eigenvalue weighted by atomic mass is 10.1. The molecule has 24 heavy (non-hydrogen) atoms. The Morgan fingerprint density at radius 2 is 2.08 bits per heavy atom. The number of hydrogen-bond acceptors (Lipinski definition) is 4. The molecule has 0 aliphatic carbocycles. The number of ether oxygens (including phenoxy) is 1. The highest BCUT2D eigenvalue weighted by Gasteiger charge is 2.37. The number of methoxy groups -OCH3 is 1. The molecule has 6 nitrogen and oxygen atoms in total. The quantitative estimate of drug-likeness (QED) is 0.862. The first kappa shape index (κ1) is 16.6. The predicted octanol–water partition coefficient (Wildman–Crippen LogP) is 2.18. The number of hydrogen-bond donors (Lipinski definition) is 0. The zero-order valence-electron chi connectivity index (χ0n) is 14.6. The fourth-order valence-corrected chi connectivity index (χ4v) is 3.29. The van der Waals surface area contributed by atoms with E-state index in [1.165, 1.54) is 0 Å². The van der Waals surface area contributed by atoms with Gasteiger partial charge in [-0.05, 0) is 44.0 Å². The number of benzene rings is 1. The molecular weight excluding hydrogens is 306 g/mol. The lowest BCUT2D eigenvalue weighted by Crippen LogP contribution is -2.38. The number of fused-ring (bicyclic) bond motifs is 1. The van der Waals surface area contributed by atoms with Gasteiger partial charge < -0.3 is 9.64 Å². The standard InChI is InChI=1S/C18H23N3O3/c1-11-5-15-16(6-12(11)2)21(10-19-15)18(23)14-7-17(22)20(8-14)13(3)9-24-4/h5-6,10,13-14H,7-9H2,1-4H3/t13-,14+/m0/s1. The van der Waals surface area contributed by atoms with Crippen LogP contribution in [0, 0.1) is 19.8 Å². The Balaban J connectivity index is 1.85. The summed E-state index contributed by atoms with van der Waals surface area (Å²) in [4.78, 5) is 31.2. The van der Waals surface area contributed by atoms with Crippen LogP contribution in [0.4, 0.5) is 0 Å². The Labute approximate surface area is 141 Å². The van der Waals surface area contributed by atoms with Crippen molar-refractivity contribution in [3.63, 3.8) is 0 Å². The van der Waals surface area contributed by atoms with Gasteiger partial charge in [-0.15, -0.1) is 0 Å². The van der Waals surface area contributed by atoms with E-state index in [0.717, 1.165) is 22.2 Å². The monoisotopic (exact) mass is 329 g/mol. The molecule has 1 saturated heterocycles. The van der Waals surface area contributed by atoms with Crippen LogP contribution in [0.1, 0.15) is 29.3 Å². The molecule has 2 heterocycles. The maximum absolute atomic E-state index is 12.9. The summed E-state index contributed by atoms with van der Waals surface area (Å²) in [6.07, 6.45) is 1.81. The van der Waals surface area contributed by atoms with E-state index in [-0.39, 0.29) is 30.2 Å². The zero-order valence-corrected chi connectivity index (χ0v) is 14.6. The fraction of sp³-hybridized carbons (Fsp3) is 0.500. The lowest BCUT2D eigenvalue weighted by Gasteiger charge is -2.23. The molecule has 1 amide bonds. The molecular formula is C18H23N3O3. The molecule has 0 unspecified atom stereocenters. The van der Waals surface area contributed by atoms with E-state index in [1.807, 2.05) is 32.9 Å². The average Bonchev–Trinajstić information content (AvgIpc) is 3.11. The predicted molar refractivity (Wildman–Crippen MR) is 91.0 cm³/mol. The van der Waals surface area contributed by atoms with Gasteiger partial charge in [-0.2, -0.15) is 0 Å². The maximum atomic E-state index is 12.9. The van der Waals surface area contributed by atoms with Crippen LogP contribution in [-0.2, 0) is 9.53 Å². The third-order valence-corrected chi connectivity index (χ3v) is 4.85. The summed E-state index contributed by atoms with van der Waals surface area (Å²) in [6, 6.07) is 3.95. The van der Waals surface area contributed by atoms with Crippen molar-refractivity contribution in [2.75, 3.05) is 20.3 Å². The second-order valence-electron chi connectivity index (χ2n) is 6.63. The molecule has 0 saturated carbocycles. The molecule has 2 atom stereocenters. The third kappa shape index (κ3) is 2.82. The van der Waals surface area contributed by atoms with E-state index in [2.05, 4.69) is 4.98 Å². The van der Waals surface area contributed by atoms with Crippen molar-refractivity contribution < 1.29 is 14.3 Å². The van der Waals surface area contributed by atoms with Crippen molar-refractivity contribution in [1.82, 2.24) is 14.5 Å². The normalized spacial score (nSPS) is 19.2. The van der Waals surface area contributed by atoms with Gasteiger partial charge in [0.2, 0.25) is 11.8 Å².